The number of hydrogen-bond donors (Lipinski definition) is 2. The molecule has 9 heteroatoms. The highest BCUT2D eigenvalue weighted by atomic mass is 32.2. The first-order valence-electron chi connectivity index (χ1n) is 8.39. The van der Waals surface area contributed by atoms with Crippen molar-refractivity contribution >= 4 is 35.5 Å². The Bertz CT molecular complexity index is 730. The van der Waals surface area contributed by atoms with E-state index in [1.54, 1.807) is 12.1 Å². The summed E-state index contributed by atoms with van der Waals surface area (Å²) in [5, 5.41) is 2.59. The lowest BCUT2D eigenvalue weighted by Gasteiger charge is -2.17. The summed E-state index contributed by atoms with van der Waals surface area (Å²) in [6.07, 6.45) is 0.327. The SMILES string of the molecule is CC(=O)NC[C@H]1CN(c2ccc(C3CCCSNC3=O)c(F)c2)C(=O)O1. The second-order valence-electron chi connectivity index (χ2n) is 6.27. The van der Waals surface area contributed by atoms with Crippen molar-refractivity contribution in [3.8, 4) is 0 Å². The van der Waals surface area contributed by atoms with Crippen LogP contribution in [0.5, 0.6) is 0 Å². The average molecular weight is 381 g/mol. The third-order valence-corrected chi connectivity index (χ3v) is 5.19. The molecule has 1 aromatic rings. The molecule has 2 aliphatic rings. The van der Waals surface area contributed by atoms with Crippen molar-refractivity contribution in [2.75, 3.05) is 23.7 Å². The molecule has 2 fully saturated rings. The van der Waals surface area contributed by atoms with Gasteiger partial charge in [-0.15, -0.1) is 0 Å². The third-order valence-electron chi connectivity index (χ3n) is 4.35. The number of rotatable bonds is 4. The van der Waals surface area contributed by atoms with Crippen molar-refractivity contribution in [3.05, 3.63) is 29.6 Å². The van der Waals surface area contributed by atoms with Gasteiger partial charge in [-0.2, -0.15) is 0 Å². The Hall–Kier alpha value is -2.29. The number of nitrogens with zero attached hydrogens (tertiary/aromatic N) is 1. The van der Waals surface area contributed by atoms with Gasteiger partial charge in [-0.05, 0) is 25.0 Å². The van der Waals surface area contributed by atoms with Crippen LogP contribution in [0.2, 0.25) is 0 Å². The minimum absolute atomic E-state index is 0.199. The van der Waals surface area contributed by atoms with Crippen LogP contribution in [0, 0.1) is 5.82 Å². The van der Waals surface area contributed by atoms with E-state index in [-0.39, 0.29) is 24.9 Å². The van der Waals surface area contributed by atoms with Crippen LogP contribution in [0.3, 0.4) is 0 Å². The minimum Gasteiger partial charge on any atom is -0.442 e. The van der Waals surface area contributed by atoms with Crippen LogP contribution in [-0.2, 0) is 14.3 Å². The number of carbonyl (C=O) groups excluding carboxylic acids is 3. The quantitative estimate of drug-likeness (QED) is 0.778. The van der Waals surface area contributed by atoms with Gasteiger partial charge in [0.25, 0.3) is 0 Å². The fraction of sp³-hybridized carbons (Fsp3) is 0.471. The van der Waals surface area contributed by atoms with Gasteiger partial charge in [0.05, 0.1) is 24.7 Å². The van der Waals surface area contributed by atoms with Crippen molar-refractivity contribution in [2.45, 2.75) is 31.8 Å². The minimum atomic E-state index is -0.587. The standard InChI is InChI=1S/C17H20FN3O4S/c1-10(22)19-8-12-9-21(17(24)25-12)11-4-5-13(15(18)7-11)14-3-2-6-26-20-16(14)23/h4-5,7,12,14H,2-3,6,8-9H2,1H3,(H,19,22)(H,20,23)/t12-,14?/m0/s1. The number of nitrogens with one attached hydrogen (secondary N) is 2. The molecule has 1 unspecified atom stereocenters. The van der Waals surface area contributed by atoms with E-state index in [1.165, 1.54) is 29.8 Å². The van der Waals surface area contributed by atoms with E-state index in [9.17, 15) is 18.8 Å². The van der Waals surface area contributed by atoms with Gasteiger partial charge in [0, 0.05) is 18.2 Å². The van der Waals surface area contributed by atoms with Crippen LogP contribution < -0.4 is 14.9 Å². The molecule has 0 bridgehead atoms. The summed E-state index contributed by atoms with van der Waals surface area (Å²) in [6.45, 7) is 1.81. The van der Waals surface area contributed by atoms with Crippen LogP contribution in [0.1, 0.15) is 31.2 Å². The largest absolute Gasteiger partial charge is 0.442 e. The molecular formula is C17H20FN3O4S. The zero-order valence-corrected chi connectivity index (χ0v) is 15.1. The molecule has 2 saturated heterocycles. The molecule has 1 aromatic carbocycles. The van der Waals surface area contributed by atoms with Gasteiger partial charge >= 0.3 is 6.09 Å². The Labute approximate surface area is 154 Å². The maximum Gasteiger partial charge on any atom is 0.414 e. The summed E-state index contributed by atoms with van der Waals surface area (Å²) < 4.78 is 22.5. The molecule has 0 spiro atoms. The second-order valence-corrected chi connectivity index (χ2v) is 7.17. The Balaban J connectivity index is 1.74. The van der Waals surface area contributed by atoms with Gasteiger partial charge in [0.1, 0.15) is 11.9 Å². The lowest BCUT2D eigenvalue weighted by Crippen LogP contribution is -2.33. The molecule has 2 heterocycles. The van der Waals surface area contributed by atoms with E-state index in [0.29, 0.717) is 17.7 Å². The van der Waals surface area contributed by atoms with Crippen LogP contribution in [0.4, 0.5) is 14.9 Å². The topological polar surface area (TPSA) is 87.7 Å². The molecular weight excluding hydrogens is 361 g/mol. The Kier molecular flexibility index (Phi) is 5.65. The van der Waals surface area contributed by atoms with Crippen LogP contribution >= 0.6 is 11.9 Å². The van der Waals surface area contributed by atoms with E-state index in [1.807, 2.05) is 0 Å². The normalized spacial score (nSPS) is 23.2. The molecule has 2 N–H and O–H groups in total. The molecule has 2 aliphatic heterocycles. The Morgan fingerprint density at radius 3 is 3.00 bits per heavy atom. The summed E-state index contributed by atoms with van der Waals surface area (Å²) in [5.74, 6) is -0.661. The summed E-state index contributed by atoms with van der Waals surface area (Å²) in [4.78, 5) is 36.4. The second kappa shape index (κ2) is 7.94. The molecule has 3 rings (SSSR count). The molecule has 0 aliphatic carbocycles. The Morgan fingerprint density at radius 1 is 1.46 bits per heavy atom. The van der Waals surface area contributed by atoms with Crippen molar-refractivity contribution in [1.82, 2.24) is 10.0 Å². The molecule has 7 nitrogen and oxygen atoms in total. The van der Waals surface area contributed by atoms with Gasteiger partial charge in [-0.3, -0.25) is 19.2 Å². The molecule has 0 saturated carbocycles. The fourth-order valence-electron chi connectivity index (χ4n) is 3.04. The van der Waals surface area contributed by atoms with Gasteiger partial charge in [-0.1, -0.05) is 18.0 Å². The number of anilines is 1. The van der Waals surface area contributed by atoms with E-state index >= 15 is 0 Å². The maximum atomic E-state index is 14.6. The predicted octanol–water partition coefficient (Wildman–Crippen LogP) is 1.93. The number of amides is 3. The number of halogens is 1. The first kappa shape index (κ1) is 18.5. The summed E-state index contributed by atoms with van der Waals surface area (Å²) in [6, 6.07) is 4.42. The molecule has 0 aromatic heterocycles. The molecule has 0 radical (unpaired) electrons. The van der Waals surface area contributed by atoms with E-state index in [2.05, 4.69) is 10.0 Å². The number of benzene rings is 1. The summed E-state index contributed by atoms with van der Waals surface area (Å²) in [5.41, 5.74) is 0.695. The first-order valence-corrected chi connectivity index (χ1v) is 9.38. The molecule has 3 amide bonds. The van der Waals surface area contributed by atoms with Crippen molar-refractivity contribution in [3.63, 3.8) is 0 Å². The lowest BCUT2D eigenvalue weighted by atomic mass is 9.93. The smallest absolute Gasteiger partial charge is 0.414 e. The highest BCUT2D eigenvalue weighted by molar-refractivity contribution is 7.97. The summed E-state index contributed by atoms with van der Waals surface area (Å²) in [7, 11) is 0. The van der Waals surface area contributed by atoms with Crippen molar-refractivity contribution in [1.29, 1.82) is 0 Å². The van der Waals surface area contributed by atoms with E-state index in [4.69, 9.17) is 4.74 Å². The lowest BCUT2D eigenvalue weighted by molar-refractivity contribution is -0.121. The molecule has 26 heavy (non-hydrogen) atoms. The van der Waals surface area contributed by atoms with Gasteiger partial charge in [0.2, 0.25) is 11.8 Å². The third kappa shape index (κ3) is 4.09. The highest BCUT2D eigenvalue weighted by Gasteiger charge is 2.33. The van der Waals surface area contributed by atoms with Crippen molar-refractivity contribution in [2.24, 2.45) is 0 Å². The van der Waals surface area contributed by atoms with Crippen LogP contribution in [0.25, 0.3) is 0 Å². The zero-order chi connectivity index (χ0) is 18.7. The average Bonchev–Trinajstić information content (AvgIpc) is 2.84. The van der Waals surface area contributed by atoms with Crippen LogP contribution in [0.15, 0.2) is 18.2 Å². The number of hydrogen-bond acceptors (Lipinski definition) is 5. The van der Waals surface area contributed by atoms with E-state index < -0.39 is 23.9 Å². The fourth-order valence-corrected chi connectivity index (χ4v) is 3.74. The van der Waals surface area contributed by atoms with Gasteiger partial charge in [0.15, 0.2) is 0 Å². The number of cyclic esters (lactones) is 1. The molecule has 2 atom stereocenters. The van der Waals surface area contributed by atoms with Crippen molar-refractivity contribution < 1.29 is 23.5 Å². The monoisotopic (exact) mass is 381 g/mol. The van der Waals surface area contributed by atoms with Gasteiger partial charge in [-0.25, -0.2) is 9.18 Å². The Morgan fingerprint density at radius 2 is 2.27 bits per heavy atom. The van der Waals surface area contributed by atoms with E-state index in [0.717, 1.165) is 12.2 Å². The highest BCUT2D eigenvalue weighted by Crippen LogP contribution is 2.31. The maximum absolute atomic E-state index is 14.6. The number of ether oxygens (including phenoxy) is 1. The van der Waals surface area contributed by atoms with Gasteiger partial charge < -0.3 is 10.1 Å². The summed E-state index contributed by atoms with van der Waals surface area (Å²) >= 11 is 1.34. The predicted molar refractivity (Wildman–Crippen MR) is 95.3 cm³/mol. The first-order chi connectivity index (χ1) is 12.5. The molecule has 140 valence electrons. The van der Waals surface area contributed by atoms with Crippen LogP contribution in [-0.4, -0.2) is 42.9 Å². The zero-order valence-electron chi connectivity index (χ0n) is 14.3. The number of carbonyl (C=O) groups is 3.